The predicted molar refractivity (Wildman–Crippen MR) is 65.0 cm³/mol. The first-order valence-corrected chi connectivity index (χ1v) is 5.33. The highest BCUT2D eigenvalue weighted by Gasteiger charge is 2.17. The van der Waals surface area contributed by atoms with E-state index in [1.165, 1.54) is 10.6 Å². The van der Waals surface area contributed by atoms with E-state index in [9.17, 15) is 15.3 Å². The van der Waals surface area contributed by atoms with Gasteiger partial charge in [-0.2, -0.15) is 0 Å². The first kappa shape index (κ1) is 11.4. The van der Waals surface area contributed by atoms with E-state index in [1.807, 2.05) is 0 Å². The van der Waals surface area contributed by atoms with Crippen LogP contribution in [0.3, 0.4) is 0 Å². The maximum absolute atomic E-state index is 9.95. The Hall–Kier alpha value is -2.10. The zero-order valence-corrected chi connectivity index (χ0v) is 10.0. The van der Waals surface area contributed by atoms with Crippen LogP contribution < -0.4 is 0 Å². The van der Waals surface area contributed by atoms with Crippen LogP contribution in [0.2, 0.25) is 0 Å². The largest absolute Gasteiger partial charge is 0.508 e. The number of hydrogen-bond donors (Lipinski definition) is 3. The Morgan fingerprint density at radius 3 is 1.88 bits per heavy atom. The molecule has 90 valence electrons. The van der Waals surface area contributed by atoms with Crippen LogP contribution in [0.4, 0.5) is 0 Å². The maximum atomic E-state index is 9.95. The van der Waals surface area contributed by atoms with Crippen molar-refractivity contribution in [1.82, 2.24) is 4.57 Å². The summed E-state index contributed by atoms with van der Waals surface area (Å²) in [6.45, 7) is 5.25. The number of hydrogen-bond acceptors (Lipinski definition) is 3. The van der Waals surface area contributed by atoms with Crippen molar-refractivity contribution >= 4 is 0 Å². The van der Waals surface area contributed by atoms with Gasteiger partial charge in [-0.15, -0.1) is 0 Å². The molecule has 0 bridgehead atoms. The molecule has 4 heteroatoms. The number of phenols is 1. The Labute approximate surface area is 99.4 Å². The smallest absolute Gasteiger partial charge is 0.201 e. The van der Waals surface area contributed by atoms with Crippen molar-refractivity contribution in [1.29, 1.82) is 0 Å². The van der Waals surface area contributed by atoms with Gasteiger partial charge in [0, 0.05) is 11.1 Å². The Morgan fingerprint density at radius 1 is 0.882 bits per heavy atom. The molecule has 3 N–H and O–H groups in total. The number of aromatic nitrogens is 1. The molecule has 0 amide bonds. The van der Waals surface area contributed by atoms with Gasteiger partial charge >= 0.3 is 0 Å². The van der Waals surface area contributed by atoms with Gasteiger partial charge in [-0.25, -0.2) is 0 Å². The van der Waals surface area contributed by atoms with Crippen molar-refractivity contribution in [2.75, 3.05) is 0 Å². The topological polar surface area (TPSA) is 65.6 Å². The van der Waals surface area contributed by atoms with Gasteiger partial charge in [0.2, 0.25) is 11.8 Å². The number of rotatable bonds is 1. The van der Waals surface area contributed by atoms with Crippen molar-refractivity contribution in [2.45, 2.75) is 20.8 Å². The van der Waals surface area contributed by atoms with Gasteiger partial charge in [0.1, 0.15) is 5.75 Å². The fraction of sp³-hybridized carbons (Fsp3) is 0.231. The van der Waals surface area contributed by atoms with Gasteiger partial charge in [-0.1, -0.05) is 0 Å². The first-order chi connectivity index (χ1) is 7.93. The number of benzene rings is 1. The predicted octanol–water partition coefficient (Wildman–Crippen LogP) is 2.52. The van der Waals surface area contributed by atoms with Crippen molar-refractivity contribution in [3.05, 3.63) is 34.9 Å². The van der Waals surface area contributed by atoms with Crippen molar-refractivity contribution in [2.24, 2.45) is 0 Å². The highest BCUT2D eigenvalue weighted by atomic mass is 16.3. The average molecular weight is 233 g/mol. The Kier molecular flexibility index (Phi) is 2.50. The lowest BCUT2D eigenvalue weighted by atomic mass is 10.2. The number of aromatic hydroxyl groups is 3. The fourth-order valence-corrected chi connectivity index (χ4v) is 1.79. The van der Waals surface area contributed by atoms with Crippen LogP contribution in [0, 0.1) is 20.8 Å². The minimum absolute atomic E-state index is 0.0186. The molecule has 1 heterocycles. The van der Waals surface area contributed by atoms with Gasteiger partial charge in [-0.3, -0.25) is 4.57 Å². The zero-order valence-electron chi connectivity index (χ0n) is 10.0. The minimum atomic E-state index is 0.0186. The van der Waals surface area contributed by atoms with E-state index in [2.05, 4.69) is 0 Å². The van der Waals surface area contributed by atoms with E-state index >= 15 is 0 Å². The number of nitrogens with zero attached hydrogens (tertiary/aromatic N) is 1. The molecule has 0 saturated carbocycles. The molecule has 0 aliphatic rings. The molecule has 0 fully saturated rings. The molecule has 0 aliphatic heterocycles. The second-order valence-electron chi connectivity index (χ2n) is 4.20. The third-order valence-corrected chi connectivity index (χ3v) is 3.10. The van der Waals surface area contributed by atoms with Gasteiger partial charge in [-0.05, 0) is 44.5 Å². The van der Waals surface area contributed by atoms with E-state index in [4.69, 9.17) is 0 Å². The SMILES string of the molecule is Cc1cc(-n2c(O)c(C)c(C)c2O)ccc1O. The molecule has 1 aromatic carbocycles. The molecule has 4 nitrogen and oxygen atoms in total. The van der Waals surface area contributed by atoms with Crippen LogP contribution in [0.25, 0.3) is 5.69 Å². The molecule has 1 aromatic heterocycles. The zero-order chi connectivity index (χ0) is 12.7. The van der Waals surface area contributed by atoms with E-state index in [-0.39, 0.29) is 17.5 Å². The summed E-state index contributed by atoms with van der Waals surface area (Å²) in [5.41, 5.74) is 2.60. The maximum Gasteiger partial charge on any atom is 0.201 e. The van der Waals surface area contributed by atoms with Crippen LogP contribution in [-0.2, 0) is 0 Å². The molecule has 0 spiro atoms. The molecule has 2 rings (SSSR count). The summed E-state index contributed by atoms with van der Waals surface area (Å²) in [4.78, 5) is 0. The minimum Gasteiger partial charge on any atom is -0.508 e. The molecule has 0 aliphatic carbocycles. The summed E-state index contributed by atoms with van der Waals surface area (Å²) in [6, 6.07) is 4.88. The van der Waals surface area contributed by atoms with E-state index in [0.717, 1.165) is 0 Å². The quantitative estimate of drug-likeness (QED) is 0.709. The molecule has 0 saturated heterocycles. The summed E-state index contributed by atoms with van der Waals surface area (Å²) in [7, 11) is 0. The van der Waals surface area contributed by atoms with Crippen LogP contribution in [0.5, 0.6) is 17.5 Å². The number of aryl methyl sites for hydroxylation is 1. The fourth-order valence-electron chi connectivity index (χ4n) is 1.79. The van der Waals surface area contributed by atoms with Crippen LogP contribution in [0.15, 0.2) is 18.2 Å². The van der Waals surface area contributed by atoms with Gasteiger partial charge in [0.05, 0.1) is 5.69 Å². The summed E-state index contributed by atoms with van der Waals surface area (Å²) in [6.07, 6.45) is 0. The highest BCUT2D eigenvalue weighted by molar-refractivity contribution is 5.53. The molecule has 0 unspecified atom stereocenters. The lowest BCUT2D eigenvalue weighted by Gasteiger charge is -2.08. The first-order valence-electron chi connectivity index (χ1n) is 5.33. The molecule has 0 radical (unpaired) electrons. The summed E-state index contributed by atoms with van der Waals surface area (Å²) < 4.78 is 1.36. The van der Waals surface area contributed by atoms with E-state index in [1.54, 1.807) is 32.9 Å². The molecular formula is C13H15NO3. The lowest BCUT2D eigenvalue weighted by Crippen LogP contribution is -1.93. The highest BCUT2D eigenvalue weighted by Crippen LogP contribution is 2.36. The van der Waals surface area contributed by atoms with Gasteiger partial charge in [0.15, 0.2) is 0 Å². The van der Waals surface area contributed by atoms with Crippen LogP contribution >= 0.6 is 0 Å². The lowest BCUT2D eigenvalue weighted by molar-refractivity contribution is 0.400. The summed E-state index contributed by atoms with van der Waals surface area (Å²) in [5.74, 6) is 0.225. The number of phenolic OH excluding ortho intramolecular Hbond substituents is 1. The molecule has 0 atom stereocenters. The molecule has 17 heavy (non-hydrogen) atoms. The Balaban J connectivity index is 2.68. The third kappa shape index (κ3) is 1.62. The van der Waals surface area contributed by atoms with E-state index < -0.39 is 0 Å². The standard InChI is InChI=1S/C13H15NO3/c1-7-6-10(4-5-11(7)15)14-12(16)8(2)9(3)13(14)17/h4-6,15-17H,1-3H3. The molecular weight excluding hydrogens is 218 g/mol. The Bertz CT molecular complexity index is 559. The van der Waals surface area contributed by atoms with Crippen LogP contribution in [-0.4, -0.2) is 19.9 Å². The van der Waals surface area contributed by atoms with Gasteiger partial charge in [0.25, 0.3) is 0 Å². The van der Waals surface area contributed by atoms with E-state index in [0.29, 0.717) is 22.4 Å². The third-order valence-electron chi connectivity index (χ3n) is 3.10. The van der Waals surface area contributed by atoms with Crippen molar-refractivity contribution in [3.8, 4) is 23.2 Å². The van der Waals surface area contributed by atoms with Crippen molar-refractivity contribution < 1.29 is 15.3 Å². The molecule has 2 aromatic rings. The second-order valence-corrected chi connectivity index (χ2v) is 4.20. The average Bonchev–Trinajstić information content (AvgIpc) is 2.48. The summed E-state index contributed by atoms with van der Waals surface area (Å²) >= 11 is 0. The van der Waals surface area contributed by atoms with Gasteiger partial charge < -0.3 is 15.3 Å². The summed E-state index contributed by atoms with van der Waals surface area (Å²) in [5, 5.41) is 29.4. The van der Waals surface area contributed by atoms with Crippen molar-refractivity contribution in [3.63, 3.8) is 0 Å². The van der Waals surface area contributed by atoms with Crippen LogP contribution in [0.1, 0.15) is 16.7 Å². The second kappa shape index (κ2) is 3.73. The monoisotopic (exact) mass is 233 g/mol. The normalized spacial score (nSPS) is 10.8. The Morgan fingerprint density at radius 2 is 1.41 bits per heavy atom.